The van der Waals surface area contributed by atoms with Gasteiger partial charge in [0.1, 0.15) is 5.01 Å². The Bertz CT molecular complexity index is 314. The van der Waals surface area contributed by atoms with Crippen LogP contribution in [0.25, 0.3) is 0 Å². The molecule has 5 heteroatoms. The van der Waals surface area contributed by atoms with E-state index in [-0.39, 0.29) is 0 Å². The van der Waals surface area contributed by atoms with Crippen LogP contribution in [0, 0.1) is 0 Å². The molecule has 0 amide bonds. The number of hydrogen-bond acceptors (Lipinski definition) is 4. The summed E-state index contributed by atoms with van der Waals surface area (Å²) in [5.41, 5.74) is 0.981. The summed E-state index contributed by atoms with van der Waals surface area (Å²) in [6.45, 7) is 4.30. The van der Waals surface area contributed by atoms with Gasteiger partial charge in [-0.05, 0) is 28.1 Å². The number of likely N-dealkylation sites (N-methyl/N-ethyl adjacent to an activating group) is 2. The number of thiazole rings is 1. The number of hydrogen-bond donors (Lipinski definition) is 0. The van der Waals surface area contributed by atoms with Crippen molar-refractivity contribution in [1.82, 2.24) is 14.8 Å². The Balaban J connectivity index is 2.52. The molecular weight excluding hydrogens is 242 g/mol. The Morgan fingerprint density at radius 2 is 2.06 bits per heavy atom. The average Bonchev–Trinajstić information content (AvgIpc) is 2.73. The van der Waals surface area contributed by atoms with Crippen LogP contribution in [-0.4, -0.2) is 49.0 Å². The van der Waals surface area contributed by atoms with Crippen molar-refractivity contribution in [2.24, 2.45) is 0 Å². The molecule has 0 aliphatic carbocycles. The lowest BCUT2D eigenvalue weighted by Crippen LogP contribution is -2.30. The summed E-state index contributed by atoms with van der Waals surface area (Å²) in [4.78, 5) is 9.01. The van der Waals surface area contributed by atoms with Gasteiger partial charge in [0.25, 0.3) is 0 Å². The maximum Gasteiger partial charge on any atom is 0.110 e. The van der Waals surface area contributed by atoms with Gasteiger partial charge in [-0.1, -0.05) is 0 Å². The summed E-state index contributed by atoms with van der Waals surface area (Å²) in [6, 6.07) is 0.363. The molecule has 0 N–H and O–H groups in total. The van der Waals surface area contributed by atoms with Crippen LogP contribution in [0.15, 0.2) is 5.38 Å². The SMILES string of the molecule is CC(c1nc(CCl)cs1)N(C)CCN(C)C. The maximum absolute atomic E-state index is 5.75. The van der Waals surface area contributed by atoms with Crippen LogP contribution in [0.1, 0.15) is 23.7 Å². The van der Waals surface area contributed by atoms with Crippen molar-refractivity contribution in [1.29, 1.82) is 0 Å². The van der Waals surface area contributed by atoms with Crippen molar-refractivity contribution in [3.63, 3.8) is 0 Å². The van der Waals surface area contributed by atoms with Crippen molar-refractivity contribution in [2.45, 2.75) is 18.8 Å². The Hall–Kier alpha value is -0.160. The number of halogens is 1. The van der Waals surface area contributed by atoms with Crippen LogP contribution in [0.5, 0.6) is 0 Å². The third kappa shape index (κ3) is 4.01. The topological polar surface area (TPSA) is 19.4 Å². The summed E-state index contributed by atoms with van der Waals surface area (Å²) in [5.74, 6) is 0.505. The summed E-state index contributed by atoms with van der Waals surface area (Å²) in [7, 11) is 6.32. The fourth-order valence-electron chi connectivity index (χ4n) is 1.32. The number of aromatic nitrogens is 1. The van der Waals surface area contributed by atoms with Gasteiger partial charge in [-0.3, -0.25) is 4.90 Å². The van der Waals surface area contributed by atoms with Gasteiger partial charge in [-0.2, -0.15) is 0 Å². The Kier molecular flexibility index (Phi) is 5.69. The molecule has 0 fully saturated rings. The van der Waals surface area contributed by atoms with E-state index in [0.29, 0.717) is 11.9 Å². The Morgan fingerprint density at radius 3 is 2.56 bits per heavy atom. The molecule has 0 bridgehead atoms. The van der Waals surface area contributed by atoms with E-state index in [0.717, 1.165) is 23.8 Å². The van der Waals surface area contributed by atoms with E-state index in [4.69, 9.17) is 11.6 Å². The lowest BCUT2D eigenvalue weighted by molar-refractivity contribution is 0.230. The molecule has 1 heterocycles. The lowest BCUT2D eigenvalue weighted by atomic mass is 10.3. The number of rotatable bonds is 6. The second kappa shape index (κ2) is 6.55. The van der Waals surface area contributed by atoms with E-state index < -0.39 is 0 Å². The monoisotopic (exact) mass is 261 g/mol. The Morgan fingerprint density at radius 1 is 1.38 bits per heavy atom. The molecule has 0 aromatic carbocycles. The van der Waals surface area contributed by atoms with Gasteiger partial charge in [0, 0.05) is 18.5 Å². The molecule has 3 nitrogen and oxygen atoms in total. The zero-order chi connectivity index (χ0) is 12.1. The molecule has 0 saturated heterocycles. The van der Waals surface area contributed by atoms with Crippen molar-refractivity contribution in [3.05, 3.63) is 16.1 Å². The fraction of sp³-hybridized carbons (Fsp3) is 0.727. The van der Waals surface area contributed by atoms with Crippen molar-refractivity contribution < 1.29 is 0 Å². The average molecular weight is 262 g/mol. The van der Waals surface area contributed by atoms with Gasteiger partial charge < -0.3 is 4.90 Å². The molecule has 1 aromatic rings. The van der Waals surface area contributed by atoms with Crippen LogP contribution in [-0.2, 0) is 5.88 Å². The standard InChI is InChI=1S/C11H20ClN3S/c1-9(15(4)6-5-14(2)3)11-13-10(7-12)8-16-11/h8-9H,5-7H2,1-4H3. The third-order valence-corrected chi connectivity index (χ3v) is 3.96. The highest BCUT2D eigenvalue weighted by Gasteiger charge is 2.15. The molecule has 0 radical (unpaired) electrons. The first-order valence-corrected chi connectivity index (χ1v) is 6.81. The highest BCUT2D eigenvalue weighted by molar-refractivity contribution is 7.09. The smallest absolute Gasteiger partial charge is 0.110 e. The first kappa shape index (κ1) is 13.9. The van der Waals surface area contributed by atoms with Crippen molar-refractivity contribution >= 4 is 22.9 Å². The van der Waals surface area contributed by atoms with E-state index in [1.807, 2.05) is 5.38 Å². The summed E-state index contributed by atoms with van der Waals surface area (Å²) < 4.78 is 0. The fourth-order valence-corrected chi connectivity index (χ4v) is 2.48. The highest BCUT2D eigenvalue weighted by atomic mass is 35.5. The predicted octanol–water partition coefficient (Wildman–Crippen LogP) is 2.44. The molecule has 0 aliphatic heterocycles. The number of nitrogens with zero attached hydrogens (tertiary/aromatic N) is 3. The molecule has 16 heavy (non-hydrogen) atoms. The molecule has 1 aromatic heterocycles. The third-order valence-electron chi connectivity index (χ3n) is 2.62. The summed E-state index contributed by atoms with van der Waals surface area (Å²) in [6.07, 6.45) is 0. The predicted molar refractivity (Wildman–Crippen MR) is 71.3 cm³/mol. The van der Waals surface area contributed by atoms with Crippen molar-refractivity contribution in [2.75, 3.05) is 34.2 Å². The molecule has 0 saturated carbocycles. The molecule has 0 spiro atoms. The van der Waals surface area contributed by atoms with Gasteiger partial charge in [0.15, 0.2) is 0 Å². The van der Waals surface area contributed by atoms with E-state index in [1.165, 1.54) is 0 Å². The zero-order valence-corrected chi connectivity index (χ0v) is 12.0. The molecule has 0 aliphatic rings. The normalized spacial score (nSPS) is 13.7. The Labute approximate surface area is 107 Å². The van der Waals surface area contributed by atoms with Gasteiger partial charge >= 0.3 is 0 Å². The van der Waals surface area contributed by atoms with Gasteiger partial charge in [0.05, 0.1) is 17.6 Å². The van der Waals surface area contributed by atoms with Crippen LogP contribution in [0.3, 0.4) is 0 Å². The molecular formula is C11H20ClN3S. The van der Waals surface area contributed by atoms with Crippen LogP contribution in [0.2, 0.25) is 0 Å². The molecule has 92 valence electrons. The van der Waals surface area contributed by atoms with Gasteiger partial charge in [0.2, 0.25) is 0 Å². The highest BCUT2D eigenvalue weighted by Crippen LogP contribution is 2.22. The van der Waals surface area contributed by atoms with E-state index in [9.17, 15) is 0 Å². The van der Waals surface area contributed by atoms with E-state index >= 15 is 0 Å². The summed E-state index contributed by atoms with van der Waals surface area (Å²) >= 11 is 7.45. The van der Waals surface area contributed by atoms with Gasteiger partial charge in [-0.25, -0.2) is 4.98 Å². The number of alkyl halides is 1. The van der Waals surface area contributed by atoms with Crippen LogP contribution < -0.4 is 0 Å². The minimum atomic E-state index is 0.363. The molecule has 1 rings (SSSR count). The first-order valence-electron chi connectivity index (χ1n) is 5.39. The van der Waals surface area contributed by atoms with Gasteiger partial charge in [-0.15, -0.1) is 22.9 Å². The quantitative estimate of drug-likeness (QED) is 0.734. The first-order chi connectivity index (χ1) is 7.54. The minimum Gasteiger partial charge on any atom is -0.308 e. The maximum atomic E-state index is 5.75. The molecule has 1 unspecified atom stereocenters. The second-order valence-electron chi connectivity index (χ2n) is 4.27. The minimum absolute atomic E-state index is 0.363. The lowest BCUT2D eigenvalue weighted by Gasteiger charge is -2.24. The van der Waals surface area contributed by atoms with Crippen molar-refractivity contribution in [3.8, 4) is 0 Å². The molecule has 1 atom stereocenters. The van der Waals surface area contributed by atoms with Crippen LogP contribution >= 0.6 is 22.9 Å². The van der Waals surface area contributed by atoms with E-state index in [1.54, 1.807) is 11.3 Å². The zero-order valence-electron chi connectivity index (χ0n) is 10.4. The second-order valence-corrected chi connectivity index (χ2v) is 5.43. The van der Waals surface area contributed by atoms with E-state index in [2.05, 4.69) is 42.9 Å². The van der Waals surface area contributed by atoms with Crippen LogP contribution in [0.4, 0.5) is 0 Å². The largest absolute Gasteiger partial charge is 0.308 e. The summed E-state index contributed by atoms with van der Waals surface area (Å²) in [5, 5.41) is 3.19.